The third-order valence-corrected chi connectivity index (χ3v) is 8.67. The molecular formula is C34H39N2O2+. The summed E-state index contributed by atoms with van der Waals surface area (Å²) < 4.78 is 7.98. The van der Waals surface area contributed by atoms with Gasteiger partial charge in [-0.25, -0.2) is 0 Å². The van der Waals surface area contributed by atoms with E-state index in [9.17, 15) is 5.11 Å². The highest BCUT2D eigenvalue weighted by Crippen LogP contribution is 2.56. The number of aliphatic hydroxyl groups excluding tert-OH is 1. The first-order chi connectivity index (χ1) is 18.1. The molecule has 6 rings (SSSR count). The predicted octanol–water partition coefficient (Wildman–Crippen LogP) is 6.79. The number of hydrogen-bond acceptors (Lipinski definition) is 3. The first-order valence-corrected chi connectivity index (χ1v) is 13.8. The molecule has 0 bridgehead atoms. The molecule has 4 aromatic rings. The monoisotopic (exact) mass is 507 g/mol. The number of ether oxygens (including phenoxy) is 1. The molecule has 3 heterocycles. The Morgan fingerprint density at radius 2 is 1.95 bits per heavy atom. The van der Waals surface area contributed by atoms with Gasteiger partial charge in [0.2, 0.25) is 5.69 Å². The van der Waals surface area contributed by atoms with Crippen molar-refractivity contribution in [2.45, 2.75) is 64.8 Å². The van der Waals surface area contributed by atoms with Crippen molar-refractivity contribution in [1.29, 1.82) is 0 Å². The van der Waals surface area contributed by atoms with Crippen LogP contribution in [0.3, 0.4) is 0 Å². The first-order valence-electron chi connectivity index (χ1n) is 13.8. The molecule has 1 aliphatic heterocycles. The molecule has 0 fully saturated rings. The van der Waals surface area contributed by atoms with Crippen molar-refractivity contribution in [3.63, 3.8) is 0 Å². The van der Waals surface area contributed by atoms with Crippen LogP contribution in [-0.4, -0.2) is 30.4 Å². The summed E-state index contributed by atoms with van der Waals surface area (Å²) in [6.45, 7) is 16.6. The van der Waals surface area contributed by atoms with E-state index in [-0.39, 0.29) is 29.4 Å². The summed E-state index contributed by atoms with van der Waals surface area (Å²) in [6, 6.07) is 13.6. The van der Waals surface area contributed by atoms with E-state index < -0.39 is 0 Å². The van der Waals surface area contributed by atoms with Crippen molar-refractivity contribution < 1.29 is 14.4 Å². The van der Waals surface area contributed by atoms with E-state index in [1.165, 1.54) is 49.7 Å². The molecule has 4 heteroatoms. The fraction of sp³-hybridized carbons (Fsp3) is 0.412. The fourth-order valence-corrected chi connectivity index (χ4v) is 7.21. The van der Waals surface area contributed by atoms with Crippen molar-refractivity contribution >= 4 is 21.7 Å². The van der Waals surface area contributed by atoms with Crippen LogP contribution >= 0.6 is 0 Å². The minimum Gasteiger partial charge on any atom is -0.392 e. The molecule has 0 radical (unpaired) electrons. The number of nitrogens with zero attached hydrogens (tertiary/aromatic N) is 2. The third-order valence-electron chi connectivity index (χ3n) is 8.67. The minimum absolute atomic E-state index is 0.0428. The second-order valence-electron chi connectivity index (χ2n) is 13.0. The number of benzene rings is 2. The normalized spacial score (nSPS) is 19.2. The summed E-state index contributed by atoms with van der Waals surface area (Å²) in [5, 5.41) is 14.1. The molecule has 2 aromatic heterocycles. The maximum Gasteiger partial charge on any atom is 0.221 e. The van der Waals surface area contributed by atoms with Crippen LogP contribution in [-0.2, 0) is 16.6 Å². The molecular weight excluding hydrogens is 468 g/mol. The van der Waals surface area contributed by atoms with Gasteiger partial charge in [0, 0.05) is 47.9 Å². The SMILES string of the molecule is C=C(CO)C1C(CCOC)c2cc3cccnc3c3c2-c2c4c(cc(CC(C)(C)C)cc4cc[n+]21)C3(C)C. The minimum atomic E-state index is -0.233. The van der Waals surface area contributed by atoms with Crippen LogP contribution in [0.1, 0.15) is 75.3 Å². The largest absolute Gasteiger partial charge is 0.392 e. The summed E-state index contributed by atoms with van der Waals surface area (Å²) in [4.78, 5) is 4.97. The molecule has 4 nitrogen and oxygen atoms in total. The highest BCUT2D eigenvalue weighted by Gasteiger charge is 2.49. The third kappa shape index (κ3) is 3.65. The lowest BCUT2D eigenvalue weighted by Crippen LogP contribution is -2.50. The zero-order chi connectivity index (χ0) is 27.0. The van der Waals surface area contributed by atoms with Crippen LogP contribution in [0, 0.1) is 5.41 Å². The van der Waals surface area contributed by atoms with E-state index in [1.807, 2.05) is 12.3 Å². The van der Waals surface area contributed by atoms with Gasteiger partial charge in [0.1, 0.15) is 0 Å². The van der Waals surface area contributed by atoms with Crippen LogP contribution in [0.15, 0.2) is 60.9 Å². The number of methoxy groups -OCH3 is 1. The number of aliphatic hydroxyl groups is 1. The van der Waals surface area contributed by atoms with Crippen molar-refractivity contribution in [2.75, 3.05) is 20.3 Å². The van der Waals surface area contributed by atoms with Crippen LogP contribution in [0.4, 0.5) is 0 Å². The van der Waals surface area contributed by atoms with E-state index in [2.05, 4.69) is 82.3 Å². The lowest BCUT2D eigenvalue weighted by molar-refractivity contribution is -0.708. The van der Waals surface area contributed by atoms with E-state index >= 15 is 0 Å². The van der Waals surface area contributed by atoms with E-state index in [0.717, 1.165) is 23.9 Å². The van der Waals surface area contributed by atoms with Gasteiger partial charge in [-0.2, -0.15) is 4.57 Å². The topological polar surface area (TPSA) is 46.2 Å². The first kappa shape index (κ1) is 25.2. The van der Waals surface area contributed by atoms with Crippen LogP contribution in [0.5, 0.6) is 0 Å². The molecule has 1 aliphatic carbocycles. The molecule has 2 aromatic carbocycles. The predicted molar refractivity (Wildman–Crippen MR) is 155 cm³/mol. The quantitative estimate of drug-likeness (QED) is 0.231. The Bertz CT molecular complexity index is 1610. The van der Waals surface area contributed by atoms with Gasteiger partial charge >= 0.3 is 0 Å². The summed E-state index contributed by atoms with van der Waals surface area (Å²) in [6.07, 6.45) is 6.01. The Labute approximate surface area is 226 Å². The second kappa shape index (κ2) is 8.72. The average molecular weight is 508 g/mol. The van der Waals surface area contributed by atoms with E-state index in [4.69, 9.17) is 9.72 Å². The van der Waals surface area contributed by atoms with E-state index in [1.54, 1.807) is 7.11 Å². The van der Waals surface area contributed by atoms with Gasteiger partial charge in [0.05, 0.1) is 29.0 Å². The second-order valence-corrected chi connectivity index (χ2v) is 13.0. The highest BCUT2D eigenvalue weighted by atomic mass is 16.5. The van der Waals surface area contributed by atoms with Gasteiger partial charge in [0.25, 0.3) is 0 Å². The van der Waals surface area contributed by atoms with Crippen LogP contribution < -0.4 is 4.57 Å². The van der Waals surface area contributed by atoms with Gasteiger partial charge in [-0.1, -0.05) is 59.4 Å². The van der Waals surface area contributed by atoms with Gasteiger partial charge < -0.3 is 9.84 Å². The Kier molecular flexibility index (Phi) is 5.79. The Balaban J connectivity index is 1.79. The van der Waals surface area contributed by atoms with Gasteiger partial charge in [-0.3, -0.25) is 4.98 Å². The number of aromatic nitrogens is 2. The van der Waals surface area contributed by atoms with E-state index in [0.29, 0.717) is 6.61 Å². The van der Waals surface area contributed by atoms with Gasteiger partial charge in [-0.05, 0) is 52.5 Å². The molecule has 0 saturated carbocycles. The van der Waals surface area contributed by atoms with Crippen LogP contribution in [0.25, 0.3) is 32.9 Å². The maximum absolute atomic E-state index is 10.3. The number of pyridine rings is 2. The fourth-order valence-electron chi connectivity index (χ4n) is 7.21. The standard InChI is InChI=1S/C34H39N2O2/c1-20(19-37)31-24(11-14-38-7)25-17-23-9-8-12-35-30(23)29-28(25)32-27-22(10-13-36(31)32)15-21(18-33(2,3)4)16-26(27)34(29,5)6/h8-10,12-13,15-17,24,31,37H,1,11,14,18-19H2,2-7H3/q+1. The Hall–Kier alpha value is -3.08. The molecule has 196 valence electrons. The molecule has 1 N–H and O–H groups in total. The summed E-state index contributed by atoms with van der Waals surface area (Å²) in [7, 11) is 1.76. The van der Waals surface area contributed by atoms with Gasteiger partial charge in [0.15, 0.2) is 12.2 Å². The van der Waals surface area contributed by atoms with Gasteiger partial charge in [-0.15, -0.1) is 0 Å². The molecule has 0 amide bonds. The number of hydrogen-bond donors (Lipinski definition) is 1. The summed E-state index contributed by atoms with van der Waals surface area (Å²) >= 11 is 0. The maximum atomic E-state index is 10.3. The van der Waals surface area contributed by atoms with Crippen molar-refractivity contribution in [3.05, 3.63) is 83.2 Å². The average Bonchev–Trinajstić information content (AvgIpc) is 2.87. The molecule has 2 atom stereocenters. The number of fused-ring (bicyclic) bond motifs is 2. The highest BCUT2D eigenvalue weighted by molar-refractivity contribution is 6.05. The Morgan fingerprint density at radius 1 is 1.16 bits per heavy atom. The zero-order valence-electron chi connectivity index (χ0n) is 23.6. The molecule has 38 heavy (non-hydrogen) atoms. The zero-order valence-corrected chi connectivity index (χ0v) is 23.6. The Morgan fingerprint density at radius 3 is 2.66 bits per heavy atom. The smallest absolute Gasteiger partial charge is 0.221 e. The lowest BCUT2D eigenvalue weighted by Gasteiger charge is -2.40. The van der Waals surface area contributed by atoms with Crippen LogP contribution in [0.2, 0.25) is 0 Å². The summed E-state index contributed by atoms with van der Waals surface area (Å²) in [5.41, 5.74) is 9.79. The van der Waals surface area contributed by atoms with Crippen molar-refractivity contribution in [2.24, 2.45) is 5.41 Å². The van der Waals surface area contributed by atoms with Crippen molar-refractivity contribution in [1.82, 2.24) is 4.98 Å². The molecule has 2 aliphatic rings. The summed E-state index contributed by atoms with van der Waals surface area (Å²) in [5.74, 6) is 0.139. The molecule has 0 spiro atoms. The molecule has 0 saturated heterocycles. The molecule has 2 unspecified atom stereocenters. The van der Waals surface area contributed by atoms with Crippen molar-refractivity contribution in [3.8, 4) is 11.3 Å². The lowest BCUT2D eigenvalue weighted by atomic mass is 9.64. The number of rotatable bonds is 6.